The van der Waals surface area contributed by atoms with Gasteiger partial charge in [0.25, 0.3) is 5.91 Å². The summed E-state index contributed by atoms with van der Waals surface area (Å²) in [5, 5.41) is 8.70. The minimum atomic E-state index is -4.51. The maximum atomic E-state index is 12.8. The molecular weight excluding hydrogens is 466 g/mol. The number of nitrogens with one attached hydrogen (secondary N) is 3. The Hall–Kier alpha value is -3.23. The molecule has 10 heteroatoms. The minimum absolute atomic E-state index is 0.0164. The highest BCUT2D eigenvalue weighted by molar-refractivity contribution is 6.35. The van der Waals surface area contributed by atoms with E-state index in [2.05, 4.69) is 16.0 Å². The number of amides is 2. The Labute approximate surface area is 191 Å². The van der Waals surface area contributed by atoms with Gasteiger partial charge < -0.3 is 16.0 Å². The largest absolute Gasteiger partial charge is 0.416 e. The molecule has 0 saturated carbocycles. The van der Waals surface area contributed by atoms with Crippen molar-refractivity contribution in [2.24, 2.45) is 0 Å². The van der Waals surface area contributed by atoms with Crippen molar-refractivity contribution in [1.29, 1.82) is 0 Å². The number of benzene rings is 3. The molecule has 0 unspecified atom stereocenters. The third-order valence-electron chi connectivity index (χ3n) is 4.17. The number of hydrogen-bond acceptors (Lipinski definition) is 3. The Kier molecular flexibility index (Phi) is 7.27. The quantitative estimate of drug-likeness (QED) is 0.386. The zero-order chi connectivity index (χ0) is 23.3. The van der Waals surface area contributed by atoms with Gasteiger partial charge in [0.15, 0.2) is 0 Å². The molecule has 3 N–H and O–H groups in total. The van der Waals surface area contributed by atoms with Gasteiger partial charge in [0, 0.05) is 32.7 Å². The standard InChI is InChI=1S/C22H16Cl2F3N3O2/c23-15-9-16(24)11-19(10-15)29-20(31)12-28-17-5-1-3-13(7-17)21(32)30-18-6-2-4-14(8-18)22(25,26)27/h1-11,28H,12H2,(H,29,31)(H,30,32). The molecule has 0 atom stereocenters. The first kappa shape index (κ1) is 23.4. The Morgan fingerprint density at radius 2 is 1.44 bits per heavy atom. The normalized spacial score (nSPS) is 11.0. The van der Waals surface area contributed by atoms with Gasteiger partial charge in [-0.05, 0) is 54.6 Å². The van der Waals surface area contributed by atoms with Crippen LogP contribution in [0.3, 0.4) is 0 Å². The van der Waals surface area contributed by atoms with Gasteiger partial charge in [-0.3, -0.25) is 9.59 Å². The molecule has 0 bridgehead atoms. The maximum absolute atomic E-state index is 12.8. The summed E-state index contributed by atoms with van der Waals surface area (Å²) < 4.78 is 38.5. The maximum Gasteiger partial charge on any atom is 0.416 e. The van der Waals surface area contributed by atoms with E-state index in [4.69, 9.17) is 23.2 Å². The zero-order valence-electron chi connectivity index (χ0n) is 16.3. The second-order valence-electron chi connectivity index (χ2n) is 6.67. The first-order chi connectivity index (χ1) is 15.1. The van der Waals surface area contributed by atoms with Crippen molar-refractivity contribution in [1.82, 2.24) is 0 Å². The second-order valence-corrected chi connectivity index (χ2v) is 7.55. The summed E-state index contributed by atoms with van der Waals surface area (Å²) >= 11 is 11.8. The topological polar surface area (TPSA) is 70.2 Å². The number of carbonyl (C=O) groups is 2. The third kappa shape index (κ3) is 6.63. The van der Waals surface area contributed by atoms with Crippen LogP contribution in [0.2, 0.25) is 10.0 Å². The molecular formula is C22H16Cl2F3N3O2. The van der Waals surface area contributed by atoms with E-state index in [0.29, 0.717) is 21.4 Å². The predicted molar refractivity (Wildman–Crippen MR) is 119 cm³/mol. The van der Waals surface area contributed by atoms with Crippen LogP contribution in [0.1, 0.15) is 15.9 Å². The van der Waals surface area contributed by atoms with Crippen LogP contribution in [0.15, 0.2) is 66.7 Å². The van der Waals surface area contributed by atoms with Crippen LogP contribution >= 0.6 is 23.2 Å². The molecule has 3 aromatic carbocycles. The van der Waals surface area contributed by atoms with Gasteiger partial charge in [0.05, 0.1) is 12.1 Å². The van der Waals surface area contributed by atoms with Crippen LogP contribution in [0, 0.1) is 0 Å². The highest BCUT2D eigenvalue weighted by Crippen LogP contribution is 2.30. The summed E-state index contributed by atoms with van der Waals surface area (Å²) in [4.78, 5) is 24.6. The van der Waals surface area contributed by atoms with Crippen LogP contribution in [0.4, 0.5) is 30.2 Å². The number of anilines is 3. The lowest BCUT2D eigenvalue weighted by Crippen LogP contribution is -2.22. The number of alkyl halides is 3. The van der Waals surface area contributed by atoms with Crippen molar-refractivity contribution in [3.05, 3.63) is 87.9 Å². The molecule has 0 radical (unpaired) electrons. The highest BCUT2D eigenvalue weighted by Gasteiger charge is 2.30. The summed E-state index contributed by atoms with van der Waals surface area (Å²) in [6, 6.07) is 15.2. The van der Waals surface area contributed by atoms with E-state index in [1.807, 2.05) is 0 Å². The number of hydrogen-bond donors (Lipinski definition) is 3. The van der Waals surface area contributed by atoms with Gasteiger partial charge in [-0.1, -0.05) is 35.3 Å². The SMILES string of the molecule is O=C(CNc1cccc(C(=O)Nc2cccc(C(F)(F)F)c2)c1)Nc1cc(Cl)cc(Cl)c1. The Balaban J connectivity index is 1.61. The van der Waals surface area contributed by atoms with E-state index in [0.717, 1.165) is 12.1 Å². The van der Waals surface area contributed by atoms with Gasteiger partial charge in [-0.15, -0.1) is 0 Å². The van der Waals surface area contributed by atoms with Crippen LogP contribution in [-0.2, 0) is 11.0 Å². The van der Waals surface area contributed by atoms with Crippen molar-refractivity contribution >= 4 is 52.1 Å². The van der Waals surface area contributed by atoms with E-state index >= 15 is 0 Å². The minimum Gasteiger partial charge on any atom is -0.376 e. The Morgan fingerprint density at radius 3 is 2.12 bits per heavy atom. The van der Waals surface area contributed by atoms with Crippen LogP contribution in [0.5, 0.6) is 0 Å². The van der Waals surface area contributed by atoms with Crippen molar-refractivity contribution < 1.29 is 22.8 Å². The lowest BCUT2D eigenvalue weighted by molar-refractivity contribution is -0.137. The van der Waals surface area contributed by atoms with Crippen molar-refractivity contribution in [3.63, 3.8) is 0 Å². The number of rotatable bonds is 6. The van der Waals surface area contributed by atoms with E-state index in [1.54, 1.807) is 24.3 Å². The smallest absolute Gasteiger partial charge is 0.376 e. The van der Waals surface area contributed by atoms with E-state index in [9.17, 15) is 22.8 Å². The van der Waals surface area contributed by atoms with Crippen LogP contribution in [0.25, 0.3) is 0 Å². The van der Waals surface area contributed by atoms with Crippen molar-refractivity contribution in [3.8, 4) is 0 Å². The molecule has 3 aromatic rings. The molecule has 0 fully saturated rings. The zero-order valence-corrected chi connectivity index (χ0v) is 17.8. The summed E-state index contributed by atoms with van der Waals surface area (Å²) in [7, 11) is 0. The number of halogens is 5. The van der Waals surface area contributed by atoms with Crippen molar-refractivity contribution in [2.45, 2.75) is 6.18 Å². The average molecular weight is 482 g/mol. The second kappa shape index (κ2) is 9.93. The molecule has 0 spiro atoms. The molecule has 166 valence electrons. The Morgan fingerprint density at radius 1 is 0.781 bits per heavy atom. The van der Waals surface area contributed by atoms with Crippen molar-refractivity contribution in [2.75, 3.05) is 22.5 Å². The van der Waals surface area contributed by atoms with Gasteiger partial charge in [-0.2, -0.15) is 13.2 Å². The average Bonchev–Trinajstić information content (AvgIpc) is 2.71. The fourth-order valence-electron chi connectivity index (χ4n) is 2.76. The highest BCUT2D eigenvalue weighted by atomic mass is 35.5. The fourth-order valence-corrected chi connectivity index (χ4v) is 3.29. The van der Waals surface area contributed by atoms with E-state index in [1.165, 1.54) is 30.3 Å². The summed E-state index contributed by atoms with van der Waals surface area (Å²) in [5.41, 5.74) is 0.263. The molecule has 32 heavy (non-hydrogen) atoms. The van der Waals surface area contributed by atoms with Gasteiger partial charge >= 0.3 is 6.18 Å². The molecule has 2 amide bonds. The monoisotopic (exact) mass is 481 g/mol. The molecule has 0 heterocycles. The first-order valence-electron chi connectivity index (χ1n) is 9.19. The Bertz CT molecular complexity index is 1130. The number of carbonyl (C=O) groups excluding carboxylic acids is 2. The summed E-state index contributed by atoms with van der Waals surface area (Å²) in [6.45, 7) is -0.108. The predicted octanol–water partition coefficient (Wildman–Crippen LogP) is 6.32. The summed E-state index contributed by atoms with van der Waals surface area (Å²) in [6.07, 6.45) is -4.51. The molecule has 0 aliphatic heterocycles. The van der Waals surface area contributed by atoms with E-state index in [-0.39, 0.29) is 23.7 Å². The molecule has 0 aromatic heterocycles. The van der Waals surface area contributed by atoms with Crippen LogP contribution in [-0.4, -0.2) is 18.4 Å². The molecule has 3 rings (SSSR count). The van der Waals surface area contributed by atoms with Gasteiger partial charge in [-0.25, -0.2) is 0 Å². The van der Waals surface area contributed by atoms with Crippen LogP contribution < -0.4 is 16.0 Å². The van der Waals surface area contributed by atoms with E-state index < -0.39 is 17.6 Å². The first-order valence-corrected chi connectivity index (χ1v) is 9.94. The molecule has 0 saturated heterocycles. The lowest BCUT2D eigenvalue weighted by Gasteiger charge is -2.11. The molecule has 0 aliphatic rings. The van der Waals surface area contributed by atoms with Gasteiger partial charge in [0.2, 0.25) is 5.91 Å². The molecule has 5 nitrogen and oxygen atoms in total. The lowest BCUT2D eigenvalue weighted by atomic mass is 10.1. The summed E-state index contributed by atoms with van der Waals surface area (Å²) in [5.74, 6) is -0.965. The molecule has 0 aliphatic carbocycles. The van der Waals surface area contributed by atoms with Gasteiger partial charge in [0.1, 0.15) is 0 Å². The third-order valence-corrected chi connectivity index (χ3v) is 4.61. The fraction of sp³-hybridized carbons (Fsp3) is 0.0909.